The minimum atomic E-state index is 0.0185. The molecule has 1 aromatic heterocycles. The second kappa shape index (κ2) is 4.98. The van der Waals surface area contributed by atoms with Gasteiger partial charge in [-0.05, 0) is 59.0 Å². The minimum absolute atomic E-state index is 0.0185. The average Bonchev–Trinajstić information content (AvgIpc) is 2.81. The lowest BCUT2D eigenvalue weighted by Crippen LogP contribution is -1.99. The maximum Gasteiger partial charge on any atom is 0.195 e. The largest absolute Gasteiger partial charge is 0.360 e. The summed E-state index contributed by atoms with van der Waals surface area (Å²) in [7, 11) is 0. The molecule has 2 aromatic carbocycles. The molecule has 0 aliphatic rings. The summed E-state index contributed by atoms with van der Waals surface area (Å²) < 4.78 is 1.11. The molecule has 0 saturated heterocycles. The summed E-state index contributed by atoms with van der Waals surface area (Å²) in [5.74, 6) is 0.0185. The molecule has 0 atom stereocenters. The van der Waals surface area contributed by atoms with E-state index in [1.807, 2.05) is 36.4 Å². The van der Waals surface area contributed by atoms with Crippen molar-refractivity contribution in [3.8, 4) is 0 Å². The molecule has 0 aliphatic heterocycles. The van der Waals surface area contributed by atoms with Gasteiger partial charge >= 0.3 is 0 Å². The Morgan fingerprint density at radius 1 is 1.11 bits per heavy atom. The summed E-state index contributed by atoms with van der Waals surface area (Å²) in [6, 6.07) is 13.0. The number of H-pyrrole nitrogens is 1. The highest BCUT2D eigenvalue weighted by atomic mass is 127. The Kier molecular flexibility index (Phi) is 3.33. The molecule has 1 heterocycles. The van der Waals surface area contributed by atoms with Crippen molar-refractivity contribution in [2.45, 2.75) is 0 Å². The molecule has 3 aromatic rings. The van der Waals surface area contributed by atoms with E-state index in [1.165, 1.54) is 0 Å². The quantitative estimate of drug-likeness (QED) is 0.508. The highest BCUT2D eigenvalue weighted by Gasteiger charge is 2.14. The van der Waals surface area contributed by atoms with Crippen LogP contribution in [0, 0.1) is 3.57 Å². The van der Waals surface area contributed by atoms with Crippen LogP contribution in [0.2, 0.25) is 5.02 Å². The Balaban J connectivity index is 2.09. The lowest BCUT2D eigenvalue weighted by molar-refractivity contribution is 0.104. The summed E-state index contributed by atoms with van der Waals surface area (Å²) in [6.45, 7) is 0. The fourth-order valence-corrected chi connectivity index (χ4v) is 2.57. The highest BCUT2D eigenvalue weighted by Crippen LogP contribution is 2.24. The van der Waals surface area contributed by atoms with Crippen LogP contribution in [-0.2, 0) is 0 Å². The number of carbonyl (C=O) groups is 1. The minimum Gasteiger partial charge on any atom is -0.360 e. The zero-order chi connectivity index (χ0) is 13.4. The predicted octanol–water partition coefficient (Wildman–Crippen LogP) is 4.66. The van der Waals surface area contributed by atoms with Crippen molar-refractivity contribution >= 4 is 50.9 Å². The number of rotatable bonds is 2. The first-order valence-electron chi connectivity index (χ1n) is 5.72. The molecule has 0 saturated carbocycles. The van der Waals surface area contributed by atoms with Crippen LogP contribution in [0.15, 0.2) is 48.7 Å². The van der Waals surface area contributed by atoms with Crippen molar-refractivity contribution in [1.29, 1.82) is 0 Å². The van der Waals surface area contributed by atoms with Crippen LogP contribution < -0.4 is 0 Å². The smallest absolute Gasteiger partial charge is 0.195 e. The number of fused-ring (bicyclic) bond motifs is 1. The van der Waals surface area contributed by atoms with Gasteiger partial charge in [0.2, 0.25) is 0 Å². The van der Waals surface area contributed by atoms with Gasteiger partial charge in [-0.15, -0.1) is 0 Å². The van der Waals surface area contributed by atoms with E-state index in [0.29, 0.717) is 16.1 Å². The molecule has 4 heteroatoms. The van der Waals surface area contributed by atoms with Crippen LogP contribution in [0.25, 0.3) is 10.9 Å². The number of aromatic nitrogens is 1. The number of nitrogens with one attached hydrogen (secondary N) is 1. The zero-order valence-corrected chi connectivity index (χ0v) is 12.7. The molecule has 0 unspecified atom stereocenters. The Hall–Kier alpha value is -1.33. The lowest BCUT2D eigenvalue weighted by Gasteiger charge is -2.00. The first-order valence-corrected chi connectivity index (χ1v) is 7.18. The molecular weight excluding hydrogens is 373 g/mol. The van der Waals surface area contributed by atoms with Gasteiger partial charge in [0.05, 0.1) is 0 Å². The van der Waals surface area contributed by atoms with Gasteiger partial charge in [-0.2, -0.15) is 0 Å². The molecule has 2 nitrogen and oxygen atoms in total. The second-order valence-corrected chi connectivity index (χ2v) is 5.91. The van der Waals surface area contributed by atoms with Gasteiger partial charge in [-0.3, -0.25) is 4.79 Å². The first kappa shape index (κ1) is 12.7. The maximum atomic E-state index is 12.5. The third-order valence-electron chi connectivity index (χ3n) is 2.99. The van der Waals surface area contributed by atoms with Crippen LogP contribution >= 0.6 is 34.2 Å². The summed E-state index contributed by atoms with van der Waals surface area (Å²) in [5, 5.41) is 1.55. The van der Waals surface area contributed by atoms with Gasteiger partial charge in [-0.25, -0.2) is 0 Å². The molecule has 1 N–H and O–H groups in total. The van der Waals surface area contributed by atoms with E-state index in [-0.39, 0.29) is 5.78 Å². The van der Waals surface area contributed by atoms with Gasteiger partial charge in [0, 0.05) is 36.8 Å². The fourth-order valence-electron chi connectivity index (χ4n) is 2.04. The first-order chi connectivity index (χ1) is 9.15. The highest BCUT2D eigenvalue weighted by molar-refractivity contribution is 14.1. The summed E-state index contributed by atoms with van der Waals surface area (Å²) in [5.41, 5.74) is 2.24. The Morgan fingerprint density at radius 3 is 2.58 bits per heavy atom. The van der Waals surface area contributed by atoms with Crippen molar-refractivity contribution < 1.29 is 4.79 Å². The monoisotopic (exact) mass is 381 g/mol. The van der Waals surface area contributed by atoms with Crippen molar-refractivity contribution in [2.24, 2.45) is 0 Å². The van der Waals surface area contributed by atoms with Crippen LogP contribution in [0.3, 0.4) is 0 Å². The predicted molar refractivity (Wildman–Crippen MR) is 85.9 cm³/mol. The summed E-state index contributed by atoms with van der Waals surface area (Å²) in [6.07, 6.45) is 1.74. The van der Waals surface area contributed by atoms with Crippen LogP contribution in [0.1, 0.15) is 15.9 Å². The Morgan fingerprint density at radius 2 is 1.84 bits per heavy atom. The average molecular weight is 382 g/mol. The van der Waals surface area contributed by atoms with Gasteiger partial charge < -0.3 is 4.98 Å². The third-order valence-corrected chi connectivity index (χ3v) is 3.95. The van der Waals surface area contributed by atoms with E-state index >= 15 is 0 Å². The SMILES string of the molecule is O=C(c1ccc(I)cc1)c1c[nH]c2cc(Cl)ccc12. The van der Waals surface area contributed by atoms with Crippen LogP contribution in [0.4, 0.5) is 0 Å². The molecule has 0 radical (unpaired) electrons. The molecule has 0 fully saturated rings. The van der Waals surface area contributed by atoms with Gasteiger partial charge in [0.25, 0.3) is 0 Å². The molecule has 0 bridgehead atoms. The topological polar surface area (TPSA) is 32.9 Å². The molecule has 0 aliphatic carbocycles. The fraction of sp³-hybridized carbons (Fsp3) is 0. The number of benzene rings is 2. The van der Waals surface area contributed by atoms with Crippen LogP contribution in [-0.4, -0.2) is 10.8 Å². The number of aromatic amines is 1. The Labute approximate surface area is 128 Å². The van der Waals surface area contributed by atoms with Gasteiger partial charge in [0.15, 0.2) is 5.78 Å². The van der Waals surface area contributed by atoms with E-state index < -0.39 is 0 Å². The standard InChI is InChI=1S/C15H9ClINO/c16-10-3-6-12-13(8-18-14(12)7-10)15(19)9-1-4-11(17)5-2-9/h1-8,18H. The van der Waals surface area contributed by atoms with Crippen molar-refractivity contribution in [2.75, 3.05) is 0 Å². The summed E-state index contributed by atoms with van der Waals surface area (Å²) in [4.78, 5) is 15.5. The lowest BCUT2D eigenvalue weighted by atomic mass is 10.0. The number of carbonyl (C=O) groups excluding carboxylic acids is 1. The van der Waals surface area contributed by atoms with Gasteiger partial charge in [0.1, 0.15) is 0 Å². The number of halogens is 2. The van der Waals surface area contributed by atoms with Crippen molar-refractivity contribution in [1.82, 2.24) is 4.98 Å². The van der Waals surface area contributed by atoms with E-state index in [9.17, 15) is 4.79 Å². The van der Waals surface area contributed by atoms with E-state index in [0.717, 1.165) is 14.5 Å². The normalized spacial score (nSPS) is 10.8. The number of hydrogen-bond donors (Lipinski definition) is 1. The van der Waals surface area contributed by atoms with Crippen LogP contribution in [0.5, 0.6) is 0 Å². The number of hydrogen-bond acceptors (Lipinski definition) is 1. The maximum absolute atomic E-state index is 12.5. The number of ketones is 1. The summed E-state index contributed by atoms with van der Waals surface area (Å²) >= 11 is 8.16. The molecule has 3 rings (SSSR count). The second-order valence-electron chi connectivity index (χ2n) is 4.23. The van der Waals surface area contributed by atoms with Crippen molar-refractivity contribution in [3.05, 3.63) is 68.4 Å². The van der Waals surface area contributed by atoms with E-state index in [4.69, 9.17) is 11.6 Å². The Bertz CT molecular complexity index is 761. The van der Waals surface area contributed by atoms with Gasteiger partial charge in [-0.1, -0.05) is 17.7 Å². The molecular formula is C15H9ClINO. The van der Waals surface area contributed by atoms with E-state index in [2.05, 4.69) is 27.6 Å². The molecule has 0 amide bonds. The third kappa shape index (κ3) is 2.40. The van der Waals surface area contributed by atoms with Crippen molar-refractivity contribution in [3.63, 3.8) is 0 Å². The zero-order valence-electron chi connectivity index (χ0n) is 9.78. The van der Waals surface area contributed by atoms with E-state index in [1.54, 1.807) is 12.3 Å². The molecule has 0 spiro atoms. The molecule has 19 heavy (non-hydrogen) atoms. The molecule has 94 valence electrons.